The van der Waals surface area contributed by atoms with Crippen molar-refractivity contribution in [2.75, 3.05) is 11.9 Å². The van der Waals surface area contributed by atoms with Gasteiger partial charge in [0.25, 0.3) is 0 Å². The summed E-state index contributed by atoms with van der Waals surface area (Å²) in [7, 11) is 0. The number of nitrogens with one attached hydrogen (secondary N) is 1. The number of rotatable bonds is 4. The van der Waals surface area contributed by atoms with Crippen molar-refractivity contribution in [2.24, 2.45) is 0 Å². The van der Waals surface area contributed by atoms with E-state index in [2.05, 4.69) is 31.0 Å². The molecule has 4 nitrogen and oxygen atoms in total. The third-order valence-corrected chi connectivity index (χ3v) is 5.59. The van der Waals surface area contributed by atoms with E-state index in [0.29, 0.717) is 12.6 Å². The van der Waals surface area contributed by atoms with Crippen LogP contribution in [-0.2, 0) is 14.5 Å². The zero-order valence-corrected chi connectivity index (χ0v) is 16.1. The molecule has 1 spiro atoms. The van der Waals surface area contributed by atoms with Crippen molar-refractivity contribution in [3.63, 3.8) is 0 Å². The molecule has 28 heavy (non-hydrogen) atoms. The third-order valence-electron chi connectivity index (χ3n) is 5.59. The van der Waals surface area contributed by atoms with Gasteiger partial charge in [-0.25, -0.2) is 14.2 Å². The van der Waals surface area contributed by atoms with Gasteiger partial charge in [-0.2, -0.15) is 0 Å². The molecule has 0 aromatic heterocycles. The van der Waals surface area contributed by atoms with Crippen LogP contribution in [-0.4, -0.2) is 24.5 Å². The van der Waals surface area contributed by atoms with Crippen molar-refractivity contribution in [1.29, 1.82) is 0 Å². The van der Waals surface area contributed by atoms with Crippen molar-refractivity contribution in [3.8, 4) is 0 Å². The highest BCUT2D eigenvalue weighted by Crippen LogP contribution is 2.38. The van der Waals surface area contributed by atoms with Crippen molar-refractivity contribution in [3.05, 3.63) is 72.1 Å². The molecule has 0 amide bonds. The van der Waals surface area contributed by atoms with Gasteiger partial charge in [-0.1, -0.05) is 36.4 Å². The molecule has 2 fully saturated rings. The minimum atomic E-state index is -0.676. The molecule has 1 aliphatic heterocycles. The van der Waals surface area contributed by atoms with Gasteiger partial charge in [-0.05, 0) is 55.2 Å². The summed E-state index contributed by atoms with van der Waals surface area (Å²) >= 11 is 0. The van der Waals surface area contributed by atoms with Crippen LogP contribution >= 0.6 is 0 Å². The summed E-state index contributed by atoms with van der Waals surface area (Å²) < 4.78 is 19.2. The Morgan fingerprint density at radius 1 is 1.07 bits per heavy atom. The maximum Gasteiger partial charge on any atom is 0.201 e. The zero-order chi connectivity index (χ0) is 19.6. The fraction of sp³-hybridized carbons (Fsp3) is 0.391. The molecule has 1 atom stereocenters. The van der Waals surface area contributed by atoms with Crippen LogP contribution in [0, 0.1) is 12.7 Å². The van der Waals surface area contributed by atoms with Crippen molar-refractivity contribution in [1.82, 2.24) is 0 Å². The molecule has 1 heterocycles. The molecular formula is C23H26FNO3. The minimum absolute atomic E-state index is 0.226. The number of benzene rings is 2. The van der Waals surface area contributed by atoms with Gasteiger partial charge >= 0.3 is 0 Å². The van der Waals surface area contributed by atoms with Gasteiger partial charge in [0.15, 0.2) is 0 Å². The molecular weight excluding hydrogens is 357 g/mol. The van der Waals surface area contributed by atoms with Gasteiger partial charge < -0.3 is 10.1 Å². The third kappa shape index (κ3) is 4.27. The van der Waals surface area contributed by atoms with E-state index in [1.807, 2.05) is 12.1 Å². The summed E-state index contributed by atoms with van der Waals surface area (Å²) in [4.78, 5) is 11.4. The van der Waals surface area contributed by atoms with Gasteiger partial charge in [-0.3, -0.25) is 0 Å². The highest BCUT2D eigenvalue weighted by atomic mass is 19.1. The Hall–Kier alpha value is -2.21. The molecule has 1 unspecified atom stereocenters. The standard InChI is InChI=1S/C23H26FNO3/c1-16-3-5-18(6-4-16)17(2)22-15-26-23(28-27-22)13-11-21(12-14-23)25-20-9-7-19(24)8-10-20/h3-10,21-22,25H,2,11-15H2,1H3. The van der Waals surface area contributed by atoms with E-state index in [1.165, 1.54) is 17.7 Å². The molecule has 1 N–H and O–H groups in total. The number of hydrogen-bond donors (Lipinski definition) is 1. The summed E-state index contributed by atoms with van der Waals surface area (Å²) in [6.07, 6.45) is 2.98. The van der Waals surface area contributed by atoms with Gasteiger partial charge in [0.2, 0.25) is 5.79 Å². The zero-order valence-electron chi connectivity index (χ0n) is 16.1. The second-order valence-electron chi connectivity index (χ2n) is 7.71. The molecule has 1 saturated heterocycles. The molecule has 2 aromatic carbocycles. The smallest absolute Gasteiger partial charge is 0.201 e. The second kappa shape index (κ2) is 8.03. The van der Waals surface area contributed by atoms with E-state index in [4.69, 9.17) is 14.5 Å². The van der Waals surface area contributed by atoms with Crippen LogP contribution in [0.25, 0.3) is 5.57 Å². The summed E-state index contributed by atoms with van der Waals surface area (Å²) in [6.45, 7) is 6.64. The first-order chi connectivity index (χ1) is 13.5. The van der Waals surface area contributed by atoms with Gasteiger partial charge in [0.1, 0.15) is 11.9 Å². The largest absolute Gasteiger partial charge is 0.382 e. The fourth-order valence-electron chi connectivity index (χ4n) is 3.75. The lowest BCUT2D eigenvalue weighted by Gasteiger charge is -2.43. The van der Waals surface area contributed by atoms with E-state index >= 15 is 0 Å². The molecule has 1 saturated carbocycles. The SMILES string of the molecule is C=C(c1ccc(C)cc1)C1COC2(CCC(Nc3ccc(F)cc3)CC2)OO1. The van der Waals surface area contributed by atoms with Crippen LogP contribution < -0.4 is 5.32 Å². The number of halogens is 1. The van der Waals surface area contributed by atoms with Crippen LogP contribution in [0.15, 0.2) is 55.1 Å². The molecule has 148 valence electrons. The normalized spacial score (nSPS) is 27.5. The lowest BCUT2D eigenvalue weighted by molar-refractivity contribution is -0.483. The number of hydrogen-bond acceptors (Lipinski definition) is 4. The van der Waals surface area contributed by atoms with E-state index in [9.17, 15) is 4.39 Å². The van der Waals surface area contributed by atoms with E-state index < -0.39 is 5.79 Å². The summed E-state index contributed by atoms with van der Waals surface area (Å²) in [5, 5.41) is 3.45. The van der Waals surface area contributed by atoms with Gasteiger partial charge in [-0.15, -0.1) is 0 Å². The lowest BCUT2D eigenvalue weighted by atomic mass is 9.89. The quantitative estimate of drug-likeness (QED) is 0.733. The average molecular weight is 383 g/mol. The minimum Gasteiger partial charge on any atom is -0.382 e. The maximum atomic E-state index is 13.0. The number of anilines is 1. The second-order valence-corrected chi connectivity index (χ2v) is 7.71. The molecule has 0 bridgehead atoms. The monoisotopic (exact) mass is 383 g/mol. The Balaban J connectivity index is 1.28. The first-order valence-corrected chi connectivity index (χ1v) is 9.79. The Morgan fingerprint density at radius 2 is 1.75 bits per heavy atom. The maximum absolute atomic E-state index is 13.0. The van der Waals surface area contributed by atoms with Gasteiger partial charge in [0, 0.05) is 24.6 Å². The van der Waals surface area contributed by atoms with Crippen molar-refractivity contribution in [2.45, 2.75) is 50.5 Å². The summed E-state index contributed by atoms with van der Waals surface area (Å²) in [6, 6.07) is 15.0. The Morgan fingerprint density at radius 3 is 2.36 bits per heavy atom. The predicted molar refractivity (Wildman–Crippen MR) is 107 cm³/mol. The summed E-state index contributed by atoms with van der Waals surface area (Å²) in [5.41, 5.74) is 4.03. The molecule has 5 heteroatoms. The van der Waals surface area contributed by atoms with Gasteiger partial charge in [0.05, 0.1) is 6.61 Å². The number of ether oxygens (including phenoxy) is 1. The fourth-order valence-corrected chi connectivity index (χ4v) is 3.75. The van der Waals surface area contributed by atoms with Crippen molar-refractivity contribution < 1.29 is 18.9 Å². The Kier molecular flexibility index (Phi) is 5.49. The molecule has 4 rings (SSSR count). The van der Waals surface area contributed by atoms with E-state index in [1.54, 1.807) is 12.1 Å². The first kappa shape index (κ1) is 19.1. The summed E-state index contributed by atoms with van der Waals surface area (Å²) in [5.74, 6) is -0.901. The highest BCUT2D eigenvalue weighted by Gasteiger charge is 2.43. The van der Waals surface area contributed by atoms with Crippen LogP contribution in [0.2, 0.25) is 0 Å². The molecule has 1 aliphatic carbocycles. The lowest BCUT2D eigenvalue weighted by Crippen LogP contribution is -2.49. The van der Waals surface area contributed by atoms with Crippen LogP contribution in [0.1, 0.15) is 36.8 Å². The topological polar surface area (TPSA) is 39.7 Å². The highest BCUT2D eigenvalue weighted by molar-refractivity contribution is 5.67. The van der Waals surface area contributed by atoms with Crippen LogP contribution in [0.4, 0.5) is 10.1 Å². The average Bonchev–Trinajstić information content (AvgIpc) is 2.72. The first-order valence-electron chi connectivity index (χ1n) is 9.79. The van der Waals surface area contributed by atoms with Crippen LogP contribution in [0.5, 0.6) is 0 Å². The van der Waals surface area contributed by atoms with Crippen LogP contribution in [0.3, 0.4) is 0 Å². The van der Waals surface area contributed by atoms with E-state index in [-0.39, 0.29) is 11.9 Å². The molecule has 2 aromatic rings. The Bertz CT molecular complexity index is 801. The Labute approximate surface area is 165 Å². The molecule has 0 radical (unpaired) electrons. The van der Waals surface area contributed by atoms with Crippen molar-refractivity contribution >= 4 is 11.3 Å². The molecule has 2 aliphatic rings. The van der Waals surface area contributed by atoms with E-state index in [0.717, 1.165) is 42.5 Å². The number of aryl methyl sites for hydroxylation is 1. The predicted octanol–water partition coefficient (Wildman–Crippen LogP) is 5.25.